The number of rotatable bonds is 1. The molecule has 0 aromatic rings. The molecule has 1 aliphatic rings. The fourth-order valence-corrected chi connectivity index (χ4v) is 1.72. The van der Waals surface area contributed by atoms with Gasteiger partial charge in [0.25, 0.3) is 0 Å². The molecule has 48 valence electrons. The van der Waals surface area contributed by atoms with E-state index in [-0.39, 0.29) is 0 Å². The third kappa shape index (κ3) is 0.752. The maximum absolute atomic E-state index is 2.42. The van der Waals surface area contributed by atoms with E-state index in [2.05, 4.69) is 25.8 Å². The van der Waals surface area contributed by atoms with E-state index in [0.717, 1.165) is 12.0 Å². The smallest absolute Gasteiger partial charge is 0.0127 e. The Bertz CT molecular complexity index is 72.5. The van der Waals surface area contributed by atoms with Crippen LogP contribution in [0.1, 0.15) is 20.3 Å². The molecule has 1 saturated heterocycles. The van der Waals surface area contributed by atoms with Crippen LogP contribution in [0.3, 0.4) is 0 Å². The van der Waals surface area contributed by atoms with Crippen molar-refractivity contribution in [3.8, 4) is 0 Å². The minimum absolute atomic E-state index is 0.884. The molecule has 0 aromatic carbocycles. The van der Waals surface area contributed by atoms with Crippen molar-refractivity contribution in [3.63, 3.8) is 0 Å². The molecule has 0 spiro atoms. The lowest BCUT2D eigenvalue weighted by atomic mass is 9.89. The van der Waals surface area contributed by atoms with E-state index in [1.807, 2.05) is 0 Å². The lowest BCUT2D eigenvalue weighted by molar-refractivity contribution is 0.0510. The van der Waals surface area contributed by atoms with Crippen molar-refractivity contribution >= 4 is 0 Å². The first-order chi connectivity index (χ1) is 3.75. The van der Waals surface area contributed by atoms with Gasteiger partial charge in [0, 0.05) is 12.6 Å². The van der Waals surface area contributed by atoms with Gasteiger partial charge in [0.15, 0.2) is 0 Å². The molecule has 0 saturated carbocycles. The summed E-state index contributed by atoms with van der Waals surface area (Å²) >= 11 is 0. The summed E-state index contributed by atoms with van der Waals surface area (Å²) in [5.74, 6) is 0.949. The predicted octanol–water partition coefficient (Wildman–Crippen LogP) is 1.35. The van der Waals surface area contributed by atoms with Gasteiger partial charge in [-0.15, -0.1) is 0 Å². The highest BCUT2D eigenvalue weighted by molar-refractivity contribution is 4.84. The summed E-state index contributed by atoms with van der Waals surface area (Å²) in [6.07, 6.45) is 1.32. The van der Waals surface area contributed by atoms with Gasteiger partial charge in [0.2, 0.25) is 0 Å². The zero-order valence-corrected chi connectivity index (χ0v) is 6.02. The first-order valence-corrected chi connectivity index (χ1v) is 3.46. The predicted molar refractivity (Wildman–Crippen MR) is 35.9 cm³/mol. The van der Waals surface area contributed by atoms with Crippen LogP contribution in [-0.2, 0) is 0 Å². The fourth-order valence-electron chi connectivity index (χ4n) is 1.72. The highest BCUT2D eigenvalue weighted by Gasteiger charge is 2.30. The van der Waals surface area contributed by atoms with Crippen LogP contribution in [0, 0.1) is 5.92 Å². The van der Waals surface area contributed by atoms with Crippen LogP contribution in [0.25, 0.3) is 0 Å². The molecule has 1 rings (SSSR count). The minimum Gasteiger partial charge on any atom is -0.303 e. The van der Waals surface area contributed by atoms with Gasteiger partial charge < -0.3 is 4.90 Å². The maximum Gasteiger partial charge on any atom is 0.0127 e. The Morgan fingerprint density at radius 1 is 1.62 bits per heavy atom. The Morgan fingerprint density at radius 3 is 2.38 bits per heavy atom. The van der Waals surface area contributed by atoms with Crippen LogP contribution in [0.5, 0.6) is 0 Å². The van der Waals surface area contributed by atoms with Crippen LogP contribution >= 0.6 is 0 Å². The molecule has 0 N–H and O–H groups in total. The van der Waals surface area contributed by atoms with Crippen LogP contribution in [0.4, 0.5) is 0 Å². The molecule has 0 aromatic heterocycles. The van der Waals surface area contributed by atoms with E-state index in [9.17, 15) is 0 Å². The fraction of sp³-hybridized carbons (Fsp3) is 1.00. The van der Waals surface area contributed by atoms with E-state index in [1.165, 1.54) is 13.0 Å². The number of hydrogen-bond donors (Lipinski definition) is 0. The van der Waals surface area contributed by atoms with Gasteiger partial charge in [-0.2, -0.15) is 0 Å². The zero-order valence-electron chi connectivity index (χ0n) is 6.02. The van der Waals surface area contributed by atoms with E-state index < -0.39 is 0 Å². The standard InChI is InChI=1S/C7H15N/c1-4-7-6(2)5-8(7)3/h6-7H,4-5H2,1-3H3/t6-,7?/m0/s1. The molecule has 0 amide bonds. The van der Waals surface area contributed by atoms with Crippen molar-refractivity contribution in [3.05, 3.63) is 0 Å². The molecule has 1 aliphatic heterocycles. The lowest BCUT2D eigenvalue weighted by Gasteiger charge is -2.43. The van der Waals surface area contributed by atoms with Gasteiger partial charge in [-0.1, -0.05) is 13.8 Å². The Kier molecular flexibility index (Phi) is 1.57. The Hall–Kier alpha value is -0.0400. The van der Waals surface area contributed by atoms with Gasteiger partial charge in [0.1, 0.15) is 0 Å². The molecule has 0 radical (unpaired) electrons. The Morgan fingerprint density at radius 2 is 2.25 bits per heavy atom. The molecule has 1 heteroatoms. The largest absolute Gasteiger partial charge is 0.303 e. The van der Waals surface area contributed by atoms with Crippen molar-refractivity contribution in [2.75, 3.05) is 13.6 Å². The second-order valence-electron chi connectivity index (χ2n) is 2.89. The zero-order chi connectivity index (χ0) is 6.15. The highest BCUT2D eigenvalue weighted by Crippen LogP contribution is 2.23. The van der Waals surface area contributed by atoms with Crippen molar-refractivity contribution in [1.82, 2.24) is 4.90 Å². The molecular weight excluding hydrogens is 98.1 g/mol. The summed E-state index contributed by atoms with van der Waals surface area (Å²) in [6, 6.07) is 0.884. The molecule has 1 heterocycles. The second-order valence-corrected chi connectivity index (χ2v) is 2.89. The van der Waals surface area contributed by atoms with Gasteiger partial charge in [-0.25, -0.2) is 0 Å². The second kappa shape index (κ2) is 2.06. The molecular formula is C7H15N. The monoisotopic (exact) mass is 113 g/mol. The average Bonchev–Trinajstić information content (AvgIpc) is 1.67. The molecule has 8 heavy (non-hydrogen) atoms. The Balaban J connectivity index is 2.29. The van der Waals surface area contributed by atoms with Gasteiger partial charge in [-0.3, -0.25) is 0 Å². The molecule has 1 unspecified atom stereocenters. The van der Waals surface area contributed by atoms with Crippen LogP contribution in [0.2, 0.25) is 0 Å². The van der Waals surface area contributed by atoms with Crippen molar-refractivity contribution in [2.45, 2.75) is 26.3 Å². The topological polar surface area (TPSA) is 3.24 Å². The first kappa shape index (κ1) is 6.09. The summed E-state index contributed by atoms with van der Waals surface area (Å²) in [6.45, 7) is 5.89. The third-order valence-corrected chi connectivity index (χ3v) is 2.22. The number of nitrogens with zero attached hydrogens (tertiary/aromatic N) is 1. The average molecular weight is 113 g/mol. The van der Waals surface area contributed by atoms with E-state index >= 15 is 0 Å². The molecule has 0 aliphatic carbocycles. The summed E-state index contributed by atoms with van der Waals surface area (Å²) in [4.78, 5) is 2.42. The van der Waals surface area contributed by atoms with E-state index in [0.29, 0.717) is 0 Å². The van der Waals surface area contributed by atoms with Crippen LogP contribution in [0.15, 0.2) is 0 Å². The lowest BCUT2D eigenvalue weighted by Crippen LogP contribution is -2.51. The van der Waals surface area contributed by atoms with Gasteiger partial charge in [-0.05, 0) is 19.4 Å². The van der Waals surface area contributed by atoms with Crippen molar-refractivity contribution in [1.29, 1.82) is 0 Å². The molecule has 2 atom stereocenters. The Labute approximate surface area is 51.7 Å². The summed E-state index contributed by atoms with van der Waals surface area (Å²) in [5.41, 5.74) is 0. The first-order valence-electron chi connectivity index (χ1n) is 3.46. The quantitative estimate of drug-likeness (QED) is 0.496. The van der Waals surface area contributed by atoms with E-state index in [1.54, 1.807) is 0 Å². The SMILES string of the molecule is CCC1[C@@H](C)CN1C. The molecule has 1 nitrogen and oxygen atoms in total. The highest BCUT2D eigenvalue weighted by atomic mass is 15.2. The maximum atomic E-state index is 2.42. The summed E-state index contributed by atoms with van der Waals surface area (Å²) in [5, 5.41) is 0. The minimum atomic E-state index is 0.884. The number of hydrogen-bond acceptors (Lipinski definition) is 1. The van der Waals surface area contributed by atoms with Crippen molar-refractivity contribution < 1.29 is 0 Å². The van der Waals surface area contributed by atoms with Crippen molar-refractivity contribution in [2.24, 2.45) is 5.92 Å². The van der Waals surface area contributed by atoms with Crippen LogP contribution < -0.4 is 0 Å². The third-order valence-electron chi connectivity index (χ3n) is 2.22. The number of likely N-dealkylation sites (tertiary alicyclic amines) is 1. The normalized spacial score (nSPS) is 39.4. The van der Waals surface area contributed by atoms with E-state index in [4.69, 9.17) is 0 Å². The van der Waals surface area contributed by atoms with Crippen LogP contribution in [-0.4, -0.2) is 24.5 Å². The van der Waals surface area contributed by atoms with Gasteiger partial charge >= 0.3 is 0 Å². The summed E-state index contributed by atoms with van der Waals surface area (Å²) in [7, 11) is 2.20. The molecule has 1 fully saturated rings. The van der Waals surface area contributed by atoms with Gasteiger partial charge in [0.05, 0.1) is 0 Å². The summed E-state index contributed by atoms with van der Waals surface area (Å²) < 4.78 is 0. The molecule has 0 bridgehead atoms.